The van der Waals surface area contributed by atoms with Gasteiger partial charge in [0.05, 0.1) is 34.4 Å². The SMILES string of the molecule is CC(=O)O.CC(=O)O.O=C([O-])c1cc(-c2cc(C(=O)[O-])c3ccccc3n2)nc2ccccc12.[K+].[K+].[Pd]. The first kappa shape index (κ1) is 38.2. The van der Waals surface area contributed by atoms with Crippen LogP contribution in [0.3, 0.4) is 0 Å². The molecule has 0 unspecified atom stereocenters. The van der Waals surface area contributed by atoms with Crippen molar-refractivity contribution >= 4 is 45.7 Å². The Morgan fingerprint density at radius 1 is 0.649 bits per heavy atom. The van der Waals surface area contributed by atoms with E-state index in [1.54, 1.807) is 48.5 Å². The molecule has 0 radical (unpaired) electrons. The number of carbonyl (C=O) groups is 4. The zero-order valence-electron chi connectivity index (χ0n) is 20.3. The number of hydrogen-bond donors (Lipinski definition) is 2. The molecule has 0 bridgehead atoms. The molecule has 0 spiro atoms. The molecule has 2 aromatic carbocycles. The predicted octanol–water partition coefficient (Wildman–Crippen LogP) is -4.64. The van der Waals surface area contributed by atoms with Gasteiger partial charge in [-0.1, -0.05) is 36.4 Å². The Morgan fingerprint density at radius 2 is 0.919 bits per heavy atom. The van der Waals surface area contributed by atoms with Crippen LogP contribution in [0.1, 0.15) is 34.6 Å². The van der Waals surface area contributed by atoms with Crippen molar-refractivity contribution in [1.29, 1.82) is 0 Å². The Balaban J connectivity index is 0. The molecular weight excluding hydrogens is 629 g/mol. The summed E-state index contributed by atoms with van der Waals surface area (Å²) in [4.78, 5) is 49.9. The van der Waals surface area contributed by atoms with Gasteiger partial charge < -0.3 is 30.0 Å². The van der Waals surface area contributed by atoms with Gasteiger partial charge in [0, 0.05) is 56.2 Å². The average molecular weight is 647 g/mol. The standard InChI is InChI=1S/C20H12N2O4.2C2H4O2.2K.Pd/c23-19(24)13-9-17(21-15-7-3-1-5-11(13)15)18-10-14(20(25)26)12-6-2-4-8-16(12)22-18;2*1-2(3)4;;;/h1-10H,(H,23,24)(H,25,26);2*1H3,(H,3,4);;;/q;;;2*+1;/p-2. The molecule has 0 amide bonds. The monoisotopic (exact) mass is 646 g/mol. The van der Waals surface area contributed by atoms with Gasteiger partial charge in [0.2, 0.25) is 0 Å². The van der Waals surface area contributed by atoms with E-state index in [2.05, 4.69) is 9.97 Å². The molecule has 0 saturated carbocycles. The summed E-state index contributed by atoms with van der Waals surface area (Å²) in [5.41, 5.74) is 1.33. The maximum atomic E-state index is 11.5. The van der Waals surface area contributed by atoms with E-state index in [1.165, 1.54) is 12.1 Å². The van der Waals surface area contributed by atoms with Crippen LogP contribution in [-0.4, -0.2) is 44.1 Å². The molecule has 0 aliphatic heterocycles. The molecule has 4 aromatic rings. The van der Waals surface area contributed by atoms with Gasteiger partial charge in [-0.15, -0.1) is 0 Å². The molecule has 0 atom stereocenters. The fourth-order valence-corrected chi connectivity index (χ4v) is 2.95. The van der Waals surface area contributed by atoms with Gasteiger partial charge in [-0.2, -0.15) is 0 Å². The third-order valence-corrected chi connectivity index (χ3v) is 4.13. The molecule has 0 fully saturated rings. The molecule has 13 heteroatoms. The Labute approximate surface area is 310 Å². The Bertz CT molecular complexity index is 1300. The van der Waals surface area contributed by atoms with Gasteiger partial charge >= 0.3 is 103 Å². The Hall–Kier alpha value is -0.925. The maximum absolute atomic E-state index is 11.5. The fraction of sp³-hybridized carbons (Fsp3) is 0.0833. The summed E-state index contributed by atoms with van der Waals surface area (Å²) in [6.45, 7) is 2.17. The number of benzene rings is 2. The normalized spacial score (nSPS) is 9.03. The number of aromatic carboxylic acids is 2. The zero-order valence-corrected chi connectivity index (χ0v) is 28.1. The molecule has 0 aliphatic carbocycles. The summed E-state index contributed by atoms with van der Waals surface area (Å²) < 4.78 is 0. The van der Waals surface area contributed by atoms with Crippen molar-refractivity contribution in [2.75, 3.05) is 0 Å². The fourth-order valence-electron chi connectivity index (χ4n) is 2.95. The number of nitrogens with zero attached hydrogens (tertiary/aromatic N) is 2. The second-order valence-corrected chi connectivity index (χ2v) is 6.76. The molecule has 4 rings (SSSR count). The predicted molar refractivity (Wildman–Crippen MR) is 118 cm³/mol. The molecule has 2 heterocycles. The number of aromatic nitrogens is 2. The van der Waals surface area contributed by atoms with Crippen LogP contribution in [0.2, 0.25) is 0 Å². The van der Waals surface area contributed by atoms with Gasteiger partial charge in [0.25, 0.3) is 11.9 Å². The summed E-state index contributed by atoms with van der Waals surface area (Å²) in [6, 6.07) is 16.2. The Kier molecular flexibility index (Phi) is 19.0. The third-order valence-electron chi connectivity index (χ3n) is 4.13. The summed E-state index contributed by atoms with van der Waals surface area (Å²) >= 11 is 0. The van der Waals surface area contributed by atoms with E-state index in [0.29, 0.717) is 21.8 Å². The van der Waals surface area contributed by atoms with E-state index in [9.17, 15) is 19.8 Å². The summed E-state index contributed by atoms with van der Waals surface area (Å²) in [5.74, 6) is -4.35. The number of carboxylic acids is 4. The van der Waals surface area contributed by atoms with Gasteiger partial charge in [0.15, 0.2) is 0 Å². The largest absolute Gasteiger partial charge is 1.00 e. The van der Waals surface area contributed by atoms with E-state index in [1.807, 2.05) is 0 Å². The molecule has 37 heavy (non-hydrogen) atoms. The van der Waals surface area contributed by atoms with Crippen LogP contribution >= 0.6 is 0 Å². The number of pyridine rings is 2. The van der Waals surface area contributed by atoms with E-state index in [-0.39, 0.29) is 146 Å². The minimum atomic E-state index is -1.34. The van der Waals surface area contributed by atoms with Gasteiger partial charge in [-0.3, -0.25) is 9.59 Å². The van der Waals surface area contributed by atoms with Crippen LogP contribution in [-0.2, 0) is 30.0 Å². The van der Waals surface area contributed by atoms with Crippen molar-refractivity contribution in [1.82, 2.24) is 9.97 Å². The number of aliphatic carboxylic acids is 2. The van der Waals surface area contributed by atoms with E-state index in [0.717, 1.165) is 13.8 Å². The summed E-state index contributed by atoms with van der Waals surface area (Å²) in [6.07, 6.45) is 0. The minimum Gasteiger partial charge on any atom is -0.545 e. The van der Waals surface area contributed by atoms with Crippen LogP contribution in [0.5, 0.6) is 0 Å². The molecule has 2 aromatic heterocycles. The van der Waals surface area contributed by atoms with Crippen molar-refractivity contribution < 1.29 is 163 Å². The first-order valence-electron chi connectivity index (χ1n) is 9.63. The van der Waals surface area contributed by atoms with Crippen molar-refractivity contribution in [3.63, 3.8) is 0 Å². The van der Waals surface area contributed by atoms with Crippen LogP contribution in [0.4, 0.5) is 0 Å². The number of hydrogen-bond acceptors (Lipinski definition) is 8. The zero-order chi connectivity index (χ0) is 25.4. The van der Waals surface area contributed by atoms with Crippen LogP contribution in [0.15, 0.2) is 60.7 Å². The number of carboxylic acid groups (broad SMARTS) is 4. The minimum absolute atomic E-state index is 0. The van der Waals surface area contributed by atoms with Crippen molar-refractivity contribution in [3.05, 3.63) is 71.8 Å². The molecule has 0 saturated heterocycles. The molecular formula is C24H18K2N2O8Pd. The average Bonchev–Trinajstić information content (AvgIpc) is 2.76. The number of carbonyl (C=O) groups excluding carboxylic acids is 2. The van der Waals surface area contributed by atoms with Crippen molar-refractivity contribution in [3.8, 4) is 11.4 Å². The second-order valence-electron chi connectivity index (χ2n) is 6.76. The molecule has 0 aliphatic rings. The third kappa shape index (κ3) is 11.8. The number of rotatable bonds is 3. The summed E-state index contributed by atoms with van der Waals surface area (Å²) in [7, 11) is 0. The van der Waals surface area contributed by atoms with Crippen LogP contribution < -0.4 is 113 Å². The van der Waals surface area contributed by atoms with Gasteiger partial charge in [-0.05, 0) is 24.3 Å². The van der Waals surface area contributed by atoms with Gasteiger partial charge in [0.1, 0.15) is 0 Å². The maximum Gasteiger partial charge on any atom is 1.00 e. The smallest absolute Gasteiger partial charge is 0.545 e. The van der Waals surface area contributed by atoms with Crippen molar-refractivity contribution in [2.45, 2.75) is 13.8 Å². The first-order chi connectivity index (χ1) is 16.0. The number of para-hydroxylation sites is 2. The topological polar surface area (TPSA) is 181 Å². The summed E-state index contributed by atoms with van der Waals surface area (Å²) in [5, 5.41) is 38.8. The van der Waals surface area contributed by atoms with E-state index >= 15 is 0 Å². The van der Waals surface area contributed by atoms with Crippen LogP contribution in [0, 0.1) is 0 Å². The van der Waals surface area contributed by atoms with Crippen LogP contribution in [0.25, 0.3) is 33.2 Å². The first-order valence-corrected chi connectivity index (χ1v) is 9.63. The quantitative estimate of drug-likeness (QED) is 0.206. The van der Waals surface area contributed by atoms with Gasteiger partial charge in [-0.25, -0.2) is 9.97 Å². The molecule has 184 valence electrons. The molecule has 10 nitrogen and oxygen atoms in total. The van der Waals surface area contributed by atoms with E-state index < -0.39 is 23.9 Å². The van der Waals surface area contributed by atoms with Crippen molar-refractivity contribution in [2.24, 2.45) is 0 Å². The number of fused-ring (bicyclic) bond motifs is 2. The Morgan fingerprint density at radius 3 is 1.19 bits per heavy atom. The van der Waals surface area contributed by atoms with E-state index in [4.69, 9.17) is 19.8 Å². The second kappa shape index (κ2) is 18.4. The molecule has 2 N–H and O–H groups in total.